The second kappa shape index (κ2) is 11.3. The van der Waals surface area contributed by atoms with Crippen LogP contribution in [0, 0.1) is 0 Å². The molecule has 0 aliphatic rings. The zero-order chi connectivity index (χ0) is 12.0. The van der Waals surface area contributed by atoms with Gasteiger partial charge >= 0.3 is 0 Å². The number of rotatable bonds is 0. The molecule has 0 spiro atoms. The van der Waals surface area contributed by atoms with Crippen LogP contribution < -0.4 is 17.2 Å². The first-order valence-electron chi connectivity index (χ1n) is 4.74. The van der Waals surface area contributed by atoms with E-state index >= 15 is 0 Å². The lowest BCUT2D eigenvalue weighted by atomic mass is 10.3. The third kappa shape index (κ3) is 7.99. The van der Waals surface area contributed by atoms with E-state index in [1.54, 1.807) is 36.4 Å². The summed E-state index contributed by atoms with van der Waals surface area (Å²) in [4.78, 5) is 0. The minimum atomic E-state index is 0. The van der Waals surface area contributed by atoms with Crippen LogP contribution in [0.1, 0.15) is 0 Å². The van der Waals surface area contributed by atoms with E-state index in [0.29, 0.717) is 17.1 Å². The fourth-order valence-corrected chi connectivity index (χ4v) is 0.998. The summed E-state index contributed by atoms with van der Waals surface area (Å²) in [5.41, 5.74) is 17.8. The summed E-state index contributed by atoms with van der Waals surface area (Å²) in [5, 5.41) is 8.79. The molecule has 0 fully saturated rings. The van der Waals surface area contributed by atoms with E-state index in [1.807, 2.05) is 12.1 Å². The van der Waals surface area contributed by atoms with Crippen molar-refractivity contribution < 1.29 is 10.6 Å². The predicted molar refractivity (Wildman–Crippen MR) is 85.9 cm³/mol. The fourth-order valence-electron chi connectivity index (χ4n) is 0.998. The average Bonchev–Trinajstić information content (AvgIpc) is 2.28. The van der Waals surface area contributed by atoms with E-state index in [-0.39, 0.29) is 36.0 Å². The Balaban J connectivity index is -0.000000233. The Morgan fingerprint density at radius 3 is 1.16 bits per heavy atom. The number of halogens is 2. The van der Waals surface area contributed by atoms with Gasteiger partial charge in [-0.3, -0.25) is 0 Å². The van der Waals surface area contributed by atoms with E-state index in [4.69, 9.17) is 22.3 Å². The maximum atomic E-state index is 8.79. The largest absolute Gasteiger partial charge is 0.506 e. The standard InChI is InChI=1S/C6H8N2.C6H7NO.2ClH.H2O/c2*7-5-3-1-2-4-6(5)8;;;/h1-4H,7-8H2;1-4,8H,7H2;2*1H;1H2. The molecule has 0 heterocycles. The van der Waals surface area contributed by atoms with Gasteiger partial charge in [-0.15, -0.1) is 24.8 Å². The fraction of sp³-hybridized carbons (Fsp3) is 0. The van der Waals surface area contributed by atoms with Gasteiger partial charge in [0.1, 0.15) is 5.75 Å². The molecule has 5 nitrogen and oxygen atoms in total. The molecule has 2 aromatic rings. The van der Waals surface area contributed by atoms with E-state index in [2.05, 4.69) is 0 Å². The van der Waals surface area contributed by atoms with E-state index in [9.17, 15) is 0 Å². The van der Waals surface area contributed by atoms with Crippen LogP contribution in [0.5, 0.6) is 5.75 Å². The van der Waals surface area contributed by atoms with Crippen molar-refractivity contribution in [2.75, 3.05) is 17.2 Å². The number of anilines is 3. The molecule has 0 aliphatic carbocycles. The van der Waals surface area contributed by atoms with Crippen LogP contribution in [0.2, 0.25) is 0 Å². The Kier molecular flexibility index (Phi) is 13.3. The third-order valence-corrected chi connectivity index (χ3v) is 1.93. The van der Waals surface area contributed by atoms with Gasteiger partial charge in [-0.2, -0.15) is 0 Å². The highest BCUT2D eigenvalue weighted by Crippen LogP contribution is 2.16. The number of aromatic hydroxyl groups is 1. The molecule has 108 valence electrons. The Morgan fingerprint density at radius 1 is 0.632 bits per heavy atom. The Bertz CT molecular complexity index is 385. The average molecular weight is 308 g/mol. The molecule has 9 N–H and O–H groups in total. The molecule has 0 aliphatic heterocycles. The Hall–Kier alpha value is -1.82. The van der Waals surface area contributed by atoms with Gasteiger partial charge in [0.25, 0.3) is 0 Å². The first-order chi connectivity index (χ1) is 7.61. The maximum absolute atomic E-state index is 8.79. The highest BCUT2D eigenvalue weighted by molar-refractivity contribution is 5.85. The van der Waals surface area contributed by atoms with Crippen molar-refractivity contribution in [3.05, 3.63) is 48.5 Å². The highest BCUT2D eigenvalue weighted by Gasteiger charge is 1.87. The molecular weight excluding hydrogens is 289 g/mol. The van der Waals surface area contributed by atoms with Crippen molar-refractivity contribution in [1.29, 1.82) is 0 Å². The number of nitrogen functional groups attached to an aromatic ring is 3. The van der Waals surface area contributed by atoms with E-state index in [1.165, 1.54) is 0 Å². The van der Waals surface area contributed by atoms with Crippen molar-refractivity contribution in [2.45, 2.75) is 0 Å². The van der Waals surface area contributed by atoms with Crippen LogP contribution in [0.15, 0.2) is 48.5 Å². The molecule has 0 atom stereocenters. The van der Waals surface area contributed by atoms with Gasteiger partial charge in [-0.05, 0) is 24.3 Å². The summed E-state index contributed by atoms with van der Waals surface area (Å²) >= 11 is 0. The Morgan fingerprint density at radius 2 is 0.947 bits per heavy atom. The topological polar surface area (TPSA) is 130 Å². The van der Waals surface area contributed by atoms with Crippen molar-refractivity contribution >= 4 is 41.9 Å². The van der Waals surface area contributed by atoms with Crippen molar-refractivity contribution in [1.82, 2.24) is 0 Å². The van der Waals surface area contributed by atoms with E-state index in [0.717, 1.165) is 0 Å². The number of benzene rings is 2. The zero-order valence-corrected chi connectivity index (χ0v) is 11.7. The minimum absolute atomic E-state index is 0. The predicted octanol–water partition coefficient (Wildman–Crippen LogP) is 1.84. The minimum Gasteiger partial charge on any atom is -0.506 e. The number of hydrogen-bond donors (Lipinski definition) is 4. The van der Waals surface area contributed by atoms with Crippen molar-refractivity contribution in [3.8, 4) is 5.75 Å². The van der Waals surface area contributed by atoms with Crippen LogP contribution in [0.3, 0.4) is 0 Å². The molecule has 0 amide bonds. The summed E-state index contributed by atoms with van der Waals surface area (Å²) in [5.74, 6) is 0.146. The smallest absolute Gasteiger partial charge is 0.138 e. The summed E-state index contributed by atoms with van der Waals surface area (Å²) < 4.78 is 0. The summed E-state index contributed by atoms with van der Waals surface area (Å²) in [6, 6.07) is 14.0. The molecule has 0 saturated heterocycles. The lowest BCUT2D eigenvalue weighted by molar-refractivity contribution is 0.478. The molecule has 7 heteroatoms. The number of nitrogens with two attached hydrogens (primary N) is 3. The molecule has 19 heavy (non-hydrogen) atoms. The molecule has 0 bridgehead atoms. The lowest BCUT2D eigenvalue weighted by Gasteiger charge is -1.94. The molecule has 0 unspecified atom stereocenters. The SMILES string of the molecule is Cl.Cl.Nc1ccccc1N.Nc1ccccc1O.O. The molecule has 2 aromatic carbocycles. The van der Waals surface area contributed by atoms with E-state index < -0.39 is 0 Å². The van der Waals surface area contributed by atoms with Gasteiger partial charge in [-0.25, -0.2) is 0 Å². The van der Waals surface area contributed by atoms with Crippen LogP contribution in [-0.4, -0.2) is 10.6 Å². The lowest BCUT2D eigenvalue weighted by Crippen LogP contribution is -1.91. The van der Waals surface area contributed by atoms with Gasteiger partial charge < -0.3 is 27.8 Å². The molecule has 2 rings (SSSR count). The van der Waals surface area contributed by atoms with Crippen LogP contribution in [-0.2, 0) is 0 Å². The summed E-state index contributed by atoms with van der Waals surface area (Å²) in [6.07, 6.45) is 0. The monoisotopic (exact) mass is 307 g/mol. The summed E-state index contributed by atoms with van der Waals surface area (Å²) in [7, 11) is 0. The van der Waals surface area contributed by atoms with Gasteiger partial charge in [0.05, 0.1) is 17.1 Å². The first-order valence-corrected chi connectivity index (χ1v) is 4.74. The van der Waals surface area contributed by atoms with Gasteiger partial charge in [-0.1, -0.05) is 24.3 Å². The van der Waals surface area contributed by atoms with Crippen LogP contribution >= 0.6 is 24.8 Å². The highest BCUT2D eigenvalue weighted by atomic mass is 35.5. The molecular formula is C12H19Cl2N3O2. The normalized spacial score (nSPS) is 7.58. The second-order valence-electron chi connectivity index (χ2n) is 3.19. The number of para-hydroxylation sites is 4. The first kappa shape index (κ1) is 22.4. The zero-order valence-electron chi connectivity index (χ0n) is 10.1. The molecule has 0 aromatic heterocycles. The quantitative estimate of drug-likeness (QED) is 0.437. The number of hydrogen-bond acceptors (Lipinski definition) is 4. The van der Waals surface area contributed by atoms with Crippen LogP contribution in [0.25, 0.3) is 0 Å². The van der Waals surface area contributed by atoms with Crippen molar-refractivity contribution in [2.24, 2.45) is 0 Å². The van der Waals surface area contributed by atoms with Crippen LogP contribution in [0.4, 0.5) is 17.1 Å². The molecule has 0 saturated carbocycles. The Labute approximate surface area is 124 Å². The summed E-state index contributed by atoms with van der Waals surface area (Å²) in [6.45, 7) is 0. The van der Waals surface area contributed by atoms with Crippen molar-refractivity contribution in [3.63, 3.8) is 0 Å². The van der Waals surface area contributed by atoms with Gasteiger partial charge in [0.15, 0.2) is 0 Å². The second-order valence-corrected chi connectivity index (χ2v) is 3.19. The molecule has 0 radical (unpaired) electrons. The maximum Gasteiger partial charge on any atom is 0.138 e. The number of phenolic OH excluding ortho intramolecular Hbond substituents is 1. The van der Waals surface area contributed by atoms with Gasteiger partial charge in [0, 0.05) is 0 Å². The number of phenols is 1. The third-order valence-electron chi connectivity index (χ3n) is 1.93. The van der Waals surface area contributed by atoms with Gasteiger partial charge in [0.2, 0.25) is 0 Å².